The number of aromatic nitrogens is 2. The van der Waals surface area contributed by atoms with Crippen molar-refractivity contribution < 1.29 is 9.47 Å². The van der Waals surface area contributed by atoms with E-state index in [1.807, 2.05) is 30.3 Å². The van der Waals surface area contributed by atoms with E-state index in [0.29, 0.717) is 11.4 Å². The standard InChI is InChI=1S/C17H15N3O2/c1-21-15-7-5-12(6-8-15)13-10-19-17(20-11-13)22-16-4-2-3-14(18)9-16/h2-11H,18H2,1H3. The summed E-state index contributed by atoms with van der Waals surface area (Å²) < 4.78 is 10.7. The van der Waals surface area contributed by atoms with E-state index in [4.69, 9.17) is 15.2 Å². The van der Waals surface area contributed by atoms with Crippen LogP contribution in [0.2, 0.25) is 0 Å². The summed E-state index contributed by atoms with van der Waals surface area (Å²) in [4.78, 5) is 8.43. The summed E-state index contributed by atoms with van der Waals surface area (Å²) in [5.74, 6) is 1.42. The van der Waals surface area contributed by atoms with E-state index >= 15 is 0 Å². The largest absolute Gasteiger partial charge is 0.497 e. The SMILES string of the molecule is COc1ccc(-c2cnc(Oc3cccc(N)c3)nc2)cc1. The van der Waals surface area contributed by atoms with E-state index in [-0.39, 0.29) is 6.01 Å². The van der Waals surface area contributed by atoms with Gasteiger partial charge in [0.1, 0.15) is 11.5 Å². The average Bonchev–Trinajstić information content (AvgIpc) is 2.56. The quantitative estimate of drug-likeness (QED) is 0.745. The van der Waals surface area contributed by atoms with Crippen LogP contribution >= 0.6 is 0 Å². The Morgan fingerprint density at radius 3 is 2.23 bits per heavy atom. The van der Waals surface area contributed by atoms with Gasteiger partial charge in [0.15, 0.2) is 0 Å². The molecule has 0 amide bonds. The van der Waals surface area contributed by atoms with Crippen molar-refractivity contribution in [1.82, 2.24) is 9.97 Å². The highest BCUT2D eigenvalue weighted by Gasteiger charge is 2.03. The van der Waals surface area contributed by atoms with Crippen LogP contribution in [0.5, 0.6) is 17.5 Å². The Morgan fingerprint density at radius 1 is 0.864 bits per heavy atom. The number of nitrogen functional groups attached to an aromatic ring is 1. The third-order valence-electron chi connectivity index (χ3n) is 3.12. The van der Waals surface area contributed by atoms with Crippen LogP contribution in [-0.4, -0.2) is 17.1 Å². The molecule has 0 aliphatic rings. The van der Waals surface area contributed by atoms with E-state index in [1.165, 1.54) is 0 Å². The molecule has 0 bridgehead atoms. The molecule has 5 nitrogen and oxygen atoms in total. The summed E-state index contributed by atoms with van der Waals surface area (Å²) >= 11 is 0. The molecule has 22 heavy (non-hydrogen) atoms. The first kappa shape index (κ1) is 13.9. The first-order valence-electron chi connectivity index (χ1n) is 6.74. The molecule has 3 aromatic rings. The summed E-state index contributed by atoms with van der Waals surface area (Å²) in [6.07, 6.45) is 3.44. The zero-order valence-corrected chi connectivity index (χ0v) is 12.1. The second kappa shape index (κ2) is 6.13. The number of anilines is 1. The summed E-state index contributed by atoms with van der Waals surface area (Å²) in [5.41, 5.74) is 8.25. The van der Waals surface area contributed by atoms with Crippen LogP contribution in [0.1, 0.15) is 0 Å². The maximum atomic E-state index is 5.70. The molecule has 0 aliphatic heterocycles. The van der Waals surface area contributed by atoms with Gasteiger partial charge in [-0.1, -0.05) is 18.2 Å². The first-order chi connectivity index (χ1) is 10.7. The highest BCUT2D eigenvalue weighted by molar-refractivity contribution is 5.62. The zero-order chi connectivity index (χ0) is 15.4. The molecule has 2 aromatic carbocycles. The van der Waals surface area contributed by atoms with Crippen molar-refractivity contribution >= 4 is 5.69 Å². The Kier molecular flexibility index (Phi) is 3.87. The van der Waals surface area contributed by atoms with E-state index in [9.17, 15) is 0 Å². The van der Waals surface area contributed by atoms with E-state index in [1.54, 1.807) is 37.7 Å². The van der Waals surface area contributed by atoms with Crippen LogP contribution in [0.25, 0.3) is 11.1 Å². The Bertz CT molecular complexity index is 756. The predicted octanol–water partition coefficient (Wildman–Crippen LogP) is 3.53. The van der Waals surface area contributed by atoms with Crippen molar-refractivity contribution in [1.29, 1.82) is 0 Å². The molecule has 1 heterocycles. The van der Waals surface area contributed by atoms with Gasteiger partial charge in [-0.2, -0.15) is 0 Å². The van der Waals surface area contributed by atoms with Crippen LogP contribution in [-0.2, 0) is 0 Å². The number of nitrogens with two attached hydrogens (primary N) is 1. The number of benzene rings is 2. The summed E-state index contributed by atoms with van der Waals surface area (Å²) in [6, 6.07) is 15.1. The van der Waals surface area contributed by atoms with Gasteiger partial charge in [0.25, 0.3) is 0 Å². The maximum Gasteiger partial charge on any atom is 0.321 e. The van der Waals surface area contributed by atoms with E-state index in [0.717, 1.165) is 16.9 Å². The molecule has 0 saturated carbocycles. The van der Waals surface area contributed by atoms with Gasteiger partial charge in [-0.3, -0.25) is 0 Å². The molecular weight excluding hydrogens is 278 g/mol. The van der Waals surface area contributed by atoms with Crippen LogP contribution in [0.15, 0.2) is 60.9 Å². The van der Waals surface area contributed by atoms with Crippen LogP contribution < -0.4 is 15.2 Å². The fourth-order valence-electron chi connectivity index (χ4n) is 1.98. The van der Waals surface area contributed by atoms with Crippen molar-refractivity contribution in [2.45, 2.75) is 0 Å². The molecule has 0 aliphatic carbocycles. The topological polar surface area (TPSA) is 70.3 Å². The van der Waals surface area contributed by atoms with Gasteiger partial charge >= 0.3 is 6.01 Å². The van der Waals surface area contributed by atoms with E-state index < -0.39 is 0 Å². The number of rotatable bonds is 4. The zero-order valence-electron chi connectivity index (χ0n) is 12.1. The maximum absolute atomic E-state index is 5.70. The highest BCUT2D eigenvalue weighted by Crippen LogP contribution is 2.24. The lowest BCUT2D eigenvalue weighted by Gasteiger charge is -2.06. The van der Waals surface area contributed by atoms with Crippen molar-refractivity contribution in [2.75, 3.05) is 12.8 Å². The Labute approximate surface area is 128 Å². The fourth-order valence-corrected chi connectivity index (χ4v) is 1.98. The van der Waals surface area contributed by atoms with Crippen molar-refractivity contribution in [3.63, 3.8) is 0 Å². The lowest BCUT2D eigenvalue weighted by atomic mass is 10.1. The van der Waals surface area contributed by atoms with Gasteiger partial charge in [0.05, 0.1) is 7.11 Å². The summed E-state index contributed by atoms with van der Waals surface area (Å²) in [5, 5.41) is 0. The van der Waals surface area contributed by atoms with Gasteiger partial charge in [-0.05, 0) is 29.8 Å². The van der Waals surface area contributed by atoms with Gasteiger partial charge in [0, 0.05) is 29.7 Å². The second-order valence-corrected chi connectivity index (χ2v) is 4.66. The fraction of sp³-hybridized carbons (Fsp3) is 0.0588. The molecule has 0 fully saturated rings. The molecule has 2 N–H and O–H groups in total. The molecule has 110 valence electrons. The van der Waals surface area contributed by atoms with Crippen LogP contribution in [0, 0.1) is 0 Å². The molecule has 0 atom stereocenters. The monoisotopic (exact) mass is 293 g/mol. The van der Waals surface area contributed by atoms with E-state index in [2.05, 4.69) is 9.97 Å². The molecule has 0 radical (unpaired) electrons. The first-order valence-corrected chi connectivity index (χ1v) is 6.74. The van der Waals surface area contributed by atoms with Crippen molar-refractivity contribution in [3.8, 4) is 28.6 Å². The van der Waals surface area contributed by atoms with Crippen molar-refractivity contribution in [2.24, 2.45) is 0 Å². The third kappa shape index (κ3) is 3.15. The molecule has 0 unspecified atom stereocenters. The molecule has 1 aromatic heterocycles. The minimum atomic E-state index is 0.280. The van der Waals surface area contributed by atoms with Gasteiger partial charge in [-0.15, -0.1) is 0 Å². The molecule has 5 heteroatoms. The number of ether oxygens (including phenoxy) is 2. The molecule has 0 saturated heterocycles. The minimum absolute atomic E-state index is 0.280. The lowest BCUT2D eigenvalue weighted by Crippen LogP contribution is -1.93. The van der Waals surface area contributed by atoms with Gasteiger partial charge in [0.2, 0.25) is 0 Å². The van der Waals surface area contributed by atoms with Crippen LogP contribution in [0.3, 0.4) is 0 Å². The number of hydrogen-bond donors (Lipinski definition) is 1. The van der Waals surface area contributed by atoms with Crippen LogP contribution in [0.4, 0.5) is 5.69 Å². The van der Waals surface area contributed by atoms with Gasteiger partial charge < -0.3 is 15.2 Å². The Balaban J connectivity index is 1.77. The summed E-state index contributed by atoms with van der Waals surface area (Å²) in [7, 11) is 1.64. The Morgan fingerprint density at radius 2 is 1.59 bits per heavy atom. The average molecular weight is 293 g/mol. The smallest absolute Gasteiger partial charge is 0.321 e. The lowest BCUT2D eigenvalue weighted by molar-refractivity contribution is 0.415. The van der Waals surface area contributed by atoms with Crippen molar-refractivity contribution in [3.05, 3.63) is 60.9 Å². The molecular formula is C17H15N3O2. The van der Waals surface area contributed by atoms with Gasteiger partial charge in [-0.25, -0.2) is 9.97 Å². The number of hydrogen-bond acceptors (Lipinski definition) is 5. The highest BCUT2D eigenvalue weighted by atomic mass is 16.5. The predicted molar refractivity (Wildman–Crippen MR) is 84.9 cm³/mol. The molecule has 0 spiro atoms. The normalized spacial score (nSPS) is 10.2. The second-order valence-electron chi connectivity index (χ2n) is 4.66. The minimum Gasteiger partial charge on any atom is -0.497 e. The Hall–Kier alpha value is -3.08. The number of nitrogens with zero attached hydrogens (tertiary/aromatic N) is 2. The summed E-state index contributed by atoms with van der Waals surface area (Å²) in [6.45, 7) is 0. The third-order valence-corrected chi connectivity index (χ3v) is 3.12. The number of methoxy groups -OCH3 is 1. The molecule has 3 rings (SSSR count).